The highest BCUT2D eigenvalue weighted by Crippen LogP contribution is 2.01. The van der Waals surface area contributed by atoms with E-state index in [9.17, 15) is 4.79 Å². The number of carbonyl (C=O) groups is 1. The molecule has 19 heavy (non-hydrogen) atoms. The molecule has 1 aromatic heterocycles. The predicted octanol–water partition coefficient (Wildman–Crippen LogP) is 1.95. The van der Waals surface area contributed by atoms with Crippen molar-refractivity contribution >= 4 is 23.3 Å². The van der Waals surface area contributed by atoms with Crippen molar-refractivity contribution in [3.8, 4) is 0 Å². The van der Waals surface area contributed by atoms with E-state index in [1.807, 2.05) is 26.3 Å². The molecule has 0 radical (unpaired) electrons. The average Bonchev–Trinajstić information content (AvgIpc) is 2.96. The number of hydrogen-bond donors (Lipinski definition) is 3. The van der Waals surface area contributed by atoms with Gasteiger partial charge in [0.05, 0.1) is 6.54 Å². The number of aliphatic carboxylic acids is 1. The molecular weight excluding hydrogens is 264 g/mol. The lowest BCUT2D eigenvalue weighted by molar-refractivity contribution is -0.136. The normalized spacial score (nSPS) is 9.42. The molecule has 0 amide bonds. The minimum Gasteiger partial charge on any atom is -0.481 e. The second kappa shape index (κ2) is 14.4. The lowest BCUT2D eigenvalue weighted by Gasteiger charge is -2.05. The lowest BCUT2D eigenvalue weighted by Crippen LogP contribution is -2.33. The van der Waals surface area contributed by atoms with Crippen LogP contribution in [0.25, 0.3) is 0 Å². The van der Waals surface area contributed by atoms with E-state index in [1.165, 1.54) is 0 Å². The second-order valence-electron chi connectivity index (χ2n) is 2.85. The van der Waals surface area contributed by atoms with Gasteiger partial charge in [0.25, 0.3) is 0 Å². The molecule has 0 saturated carbocycles. The van der Waals surface area contributed by atoms with Gasteiger partial charge in [0.15, 0.2) is 5.96 Å². The summed E-state index contributed by atoms with van der Waals surface area (Å²) in [5, 5.41) is 16.8. The van der Waals surface area contributed by atoms with E-state index in [0.717, 1.165) is 17.5 Å². The largest absolute Gasteiger partial charge is 0.481 e. The second-order valence-corrected chi connectivity index (χ2v) is 3.83. The van der Waals surface area contributed by atoms with Crippen LogP contribution in [-0.4, -0.2) is 36.1 Å². The minimum absolute atomic E-state index is 0.222. The molecule has 1 heterocycles. The fourth-order valence-corrected chi connectivity index (χ4v) is 1.33. The van der Waals surface area contributed by atoms with Crippen molar-refractivity contribution in [1.82, 2.24) is 15.6 Å². The van der Waals surface area contributed by atoms with Crippen molar-refractivity contribution in [3.05, 3.63) is 16.6 Å². The van der Waals surface area contributed by atoms with Crippen LogP contribution >= 0.6 is 11.3 Å². The smallest absolute Gasteiger partial charge is 0.303 e. The van der Waals surface area contributed by atoms with Gasteiger partial charge in [-0.1, -0.05) is 20.8 Å². The van der Waals surface area contributed by atoms with Crippen LogP contribution in [0.1, 0.15) is 32.2 Å². The Hall–Kier alpha value is -1.63. The van der Waals surface area contributed by atoms with Crippen LogP contribution in [0.15, 0.2) is 16.6 Å². The van der Waals surface area contributed by atoms with Gasteiger partial charge in [-0.15, -0.1) is 11.3 Å². The predicted molar refractivity (Wildman–Crippen MR) is 80.6 cm³/mol. The zero-order valence-electron chi connectivity index (χ0n) is 12.2. The van der Waals surface area contributed by atoms with Crippen molar-refractivity contribution in [2.24, 2.45) is 4.99 Å². The molecule has 3 N–H and O–H groups in total. The van der Waals surface area contributed by atoms with Crippen molar-refractivity contribution in [2.75, 3.05) is 14.1 Å². The summed E-state index contributed by atoms with van der Waals surface area (Å²) in [6, 6.07) is 0. The van der Waals surface area contributed by atoms with Gasteiger partial charge in [0, 0.05) is 32.1 Å². The van der Waals surface area contributed by atoms with Gasteiger partial charge in [0.1, 0.15) is 5.01 Å². The van der Waals surface area contributed by atoms with E-state index < -0.39 is 5.97 Å². The summed E-state index contributed by atoms with van der Waals surface area (Å²) in [5.41, 5.74) is 0. The van der Waals surface area contributed by atoms with E-state index in [-0.39, 0.29) is 6.42 Å². The quantitative estimate of drug-likeness (QED) is 0.584. The van der Waals surface area contributed by atoms with E-state index in [4.69, 9.17) is 5.11 Å². The molecule has 0 saturated heterocycles. The molecule has 7 heteroatoms. The molecule has 0 aliphatic carbocycles. The van der Waals surface area contributed by atoms with Crippen molar-refractivity contribution in [2.45, 2.75) is 33.7 Å². The standard InChI is InChI=1S/C7H12N4S.C3H6O2.C2H6/c1-8-7(9-2)11-5-6-10-3-4-12-6;1-2-3(4)5;1-2/h3-4H,5H2,1-2H3,(H2,8,9,11);2H2,1H3,(H,4,5);1-2H3. The van der Waals surface area contributed by atoms with Crippen LogP contribution in [0, 0.1) is 0 Å². The topological polar surface area (TPSA) is 86.6 Å². The Balaban J connectivity index is 0. The van der Waals surface area contributed by atoms with Gasteiger partial charge in [-0.3, -0.25) is 9.79 Å². The van der Waals surface area contributed by atoms with Crippen LogP contribution in [-0.2, 0) is 11.3 Å². The third-order valence-electron chi connectivity index (χ3n) is 1.65. The Morgan fingerprint density at radius 2 is 2.11 bits per heavy atom. The number of guanidine groups is 1. The fraction of sp³-hybridized carbons (Fsp3) is 0.583. The summed E-state index contributed by atoms with van der Waals surface area (Å²) < 4.78 is 0. The summed E-state index contributed by atoms with van der Waals surface area (Å²) in [6.45, 7) is 6.33. The molecule has 0 atom stereocenters. The monoisotopic (exact) mass is 288 g/mol. The third kappa shape index (κ3) is 12.6. The molecule has 0 fully saturated rings. The van der Waals surface area contributed by atoms with Gasteiger partial charge in [-0.2, -0.15) is 0 Å². The molecule has 0 aromatic carbocycles. The fourth-order valence-electron chi connectivity index (χ4n) is 0.779. The molecule has 0 spiro atoms. The van der Waals surface area contributed by atoms with E-state index in [0.29, 0.717) is 0 Å². The third-order valence-corrected chi connectivity index (χ3v) is 2.43. The molecule has 0 bridgehead atoms. The Morgan fingerprint density at radius 1 is 1.53 bits per heavy atom. The van der Waals surface area contributed by atoms with Gasteiger partial charge >= 0.3 is 5.97 Å². The lowest BCUT2D eigenvalue weighted by atomic mass is 10.5. The van der Waals surface area contributed by atoms with Crippen LogP contribution in [0.5, 0.6) is 0 Å². The Bertz CT molecular complexity index is 340. The molecule has 1 rings (SSSR count). The summed E-state index contributed by atoms with van der Waals surface area (Å²) >= 11 is 1.63. The van der Waals surface area contributed by atoms with Gasteiger partial charge < -0.3 is 15.7 Å². The molecule has 0 aliphatic heterocycles. The molecule has 0 aliphatic rings. The van der Waals surface area contributed by atoms with Gasteiger partial charge in [-0.25, -0.2) is 4.98 Å². The summed E-state index contributed by atoms with van der Waals surface area (Å²) in [5.74, 6) is 0.0372. The summed E-state index contributed by atoms with van der Waals surface area (Å²) in [7, 11) is 3.57. The van der Waals surface area contributed by atoms with E-state index in [1.54, 1.807) is 31.5 Å². The van der Waals surface area contributed by atoms with Crippen LogP contribution in [0.3, 0.4) is 0 Å². The zero-order valence-corrected chi connectivity index (χ0v) is 13.0. The highest BCUT2D eigenvalue weighted by molar-refractivity contribution is 7.09. The molecule has 1 aromatic rings. The summed E-state index contributed by atoms with van der Waals surface area (Å²) in [6.07, 6.45) is 2.02. The van der Waals surface area contributed by atoms with Crippen LogP contribution in [0.4, 0.5) is 0 Å². The van der Waals surface area contributed by atoms with E-state index >= 15 is 0 Å². The highest BCUT2D eigenvalue weighted by atomic mass is 32.1. The maximum Gasteiger partial charge on any atom is 0.303 e. The first-order valence-electron chi connectivity index (χ1n) is 6.12. The van der Waals surface area contributed by atoms with Gasteiger partial charge in [-0.05, 0) is 0 Å². The van der Waals surface area contributed by atoms with Crippen molar-refractivity contribution in [3.63, 3.8) is 0 Å². The van der Waals surface area contributed by atoms with Crippen LogP contribution < -0.4 is 10.6 Å². The number of carboxylic acids is 1. The zero-order chi connectivity index (χ0) is 15.1. The Labute approximate surface area is 119 Å². The minimum atomic E-state index is -0.745. The number of carboxylic acid groups (broad SMARTS) is 1. The molecular formula is C12H24N4O2S. The number of nitrogens with one attached hydrogen (secondary N) is 2. The van der Waals surface area contributed by atoms with Crippen molar-refractivity contribution < 1.29 is 9.90 Å². The number of aromatic nitrogens is 1. The number of nitrogens with zero attached hydrogens (tertiary/aromatic N) is 2. The van der Waals surface area contributed by atoms with Gasteiger partial charge in [0.2, 0.25) is 0 Å². The number of hydrogen-bond acceptors (Lipinski definition) is 4. The maximum absolute atomic E-state index is 9.37. The first-order valence-corrected chi connectivity index (χ1v) is 7.00. The number of thiazole rings is 1. The van der Waals surface area contributed by atoms with Crippen LogP contribution in [0.2, 0.25) is 0 Å². The number of rotatable bonds is 3. The maximum atomic E-state index is 9.37. The SMILES string of the molecule is CC.CCC(=O)O.CN=C(NC)NCc1nccs1. The first-order chi connectivity index (χ1) is 9.13. The Morgan fingerprint density at radius 3 is 2.42 bits per heavy atom. The molecule has 0 unspecified atom stereocenters. The van der Waals surface area contributed by atoms with Crippen molar-refractivity contribution in [1.29, 1.82) is 0 Å². The molecule has 110 valence electrons. The highest BCUT2D eigenvalue weighted by Gasteiger charge is 1.95. The van der Waals surface area contributed by atoms with E-state index in [2.05, 4.69) is 20.6 Å². The first kappa shape index (κ1) is 19.7. The summed E-state index contributed by atoms with van der Waals surface area (Å²) in [4.78, 5) is 17.5. The average molecular weight is 288 g/mol. The Kier molecular flexibility index (Phi) is 15.0. The number of aliphatic imine (C=N–C) groups is 1. The molecule has 6 nitrogen and oxygen atoms in total.